The summed E-state index contributed by atoms with van der Waals surface area (Å²) in [4.78, 5) is 14.9. The summed E-state index contributed by atoms with van der Waals surface area (Å²) in [6, 6.07) is 19.0. The number of carbonyl (C=O) groups is 1. The van der Waals surface area contributed by atoms with Crippen molar-refractivity contribution >= 4 is 27.4 Å². The van der Waals surface area contributed by atoms with Crippen molar-refractivity contribution in [2.75, 3.05) is 23.4 Å². The largest absolute Gasteiger partial charge is 0.493 e. The number of ether oxygens (including phenoxy) is 2. The van der Waals surface area contributed by atoms with Crippen LogP contribution in [0.5, 0.6) is 11.5 Å². The molecule has 0 saturated carbocycles. The molecule has 0 radical (unpaired) electrons. The number of anilines is 2. The Bertz CT molecular complexity index is 1350. The lowest BCUT2D eigenvalue weighted by Gasteiger charge is -2.36. The van der Waals surface area contributed by atoms with Gasteiger partial charge in [-0.2, -0.15) is 9.57 Å². The van der Waals surface area contributed by atoms with Crippen molar-refractivity contribution < 1.29 is 22.7 Å². The minimum absolute atomic E-state index is 0.00539. The Balaban J connectivity index is 1.86. The average molecular weight is 449 g/mol. The van der Waals surface area contributed by atoms with E-state index in [0.29, 0.717) is 22.6 Å². The lowest BCUT2D eigenvalue weighted by Crippen LogP contribution is -2.50. The minimum atomic E-state index is -4.17. The molecule has 0 saturated heterocycles. The van der Waals surface area contributed by atoms with Gasteiger partial charge in [0, 0.05) is 6.07 Å². The zero-order valence-corrected chi connectivity index (χ0v) is 18.2. The standard InChI is InChI=1S/C23H19N3O5S/c1-30-20-11-10-18(13-21(20)31-2)26-23(27)25(15-17-7-5-6-16(12-17)14-24)19-8-3-4-9-22(19)32(26,28)29/h3-13H,15H2,1-2H3. The van der Waals surface area contributed by atoms with Gasteiger partial charge in [0.1, 0.15) is 4.90 Å². The summed E-state index contributed by atoms with van der Waals surface area (Å²) in [5.74, 6) is 0.698. The van der Waals surface area contributed by atoms with Gasteiger partial charge in [0.2, 0.25) is 0 Å². The van der Waals surface area contributed by atoms with Gasteiger partial charge in [0.15, 0.2) is 11.5 Å². The molecule has 0 atom stereocenters. The highest BCUT2D eigenvalue weighted by molar-refractivity contribution is 7.94. The maximum Gasteiger partial charge on any atom is 0.343 e. The van der Waals surface area contributed by atoms with Gasteiger partial charge in [-0.05, 0) is 42.0 Å². The van der Waals surface area contributed by atoms with E-state index >= 15 is 0 Å². The molecule has 9 heteroatoms. The molecule has 0 bridgehead atoms. The number of hydrogen-bond acceptors (Lipinski definition) is 6. The summed E-state index contributed by atoms with van der Waals surface area (Å²) in [6.45, 7) is 0.0880. The van der Waals surface area contributed by atoms with Gasteiger partial charge in [-0.25, -0.2) is 13.2 Å². The van der Waals surface area contributed by atoms with Crippen LogP contribution in [0, 0.1) is 11.3 Å². The number of nitrogens with zero attached hydrogens (tertiary/aromatic N) is 3. The van der Waals surface area contributed by atoms with Crippen LogP contribution in [-0.2, 0) is 16.6 Å². The molecular formula is C23H19N3O5S. The molecule has 1 aliphatic heterocycles. The number of sulfonamides is 1. The first-order chi connectivity index (χ1) is 15.4. The van der Waals surface area contributed by atoms with Crippen molar-refractivity contribution in [2.45, 2.75) is 11.4 Å². The number of fused-ring (bicyclic) bond motifs is 1. The minimum Gasteiger partial charge on any atom is -0.493 e. The molecule has 4 rings (SSSR count). The van der Waals surface area contributed by atoms with Crippen LogP contribution in [0.15, 0.2) is 71.6 Å². The van der Waals surface area contributed by atoms with E-state index in [9.17, 15) is 18.5 Å². The highest BCUT2D eigenvalue weighted by Gasteiger charge is 2.42. The maximum absolute atomic E-state index is 13.6. The summed E-state index contributed by atoms with van der Waals surface area (Å²) >= 11 is 0. The molecule has 8 nitrogen and oxygen atoms in total. The molecule has 0 fully saturated rings. The van der Waals surface area contributed by atoms with E-state index in [4.69, 9.17) is 9.47 Å². The number of urea groups is 1. The molecule has 0 aliphatic carbocycles. The van der Waals surface area contributed by atoms with Gasteiger partial charge >= 0.3 is 6.03 Å². The van der Waals surface area contributed by atoms with E-state index in [0.717, 1.165) is 4.31 Å². The zero-order valence-electron chi connectivity index (χ0n) is 17.3. The first kappa shape index (κ1) is 21.2. The Morgan fingerprint density at radius 3 is 2.41 bits per heavy atom. The first-order valence-corrected chi connectivity index (χ1v) is 11.0. The third kappa shape index (κ3) is 3.50. The number of nitriles is 1. The predicted molar refractivity (Wildman–Crippen MR) is 118 cm³/mol. The summed E-state index contributed by atoms with van der Waals surface area (Å²) in [5, 5.41) is 9.19. The molecule has 32 heavy (non-hydrogen) atoms. The topological polar surface area (TPSA) is 99.9 Å². The average Bonchev–Trinajstić information content (AvgIpc) is 2.81. The number of benzene rings is 3. The molecule has 1 heterocycles. The molecule has 1 aliphatic rings. The molecular weight excluding hydrogens is 430 g/mol. The Labute approximate surface area is 185 Å². The third-order valence-corrected chi connectivity index (χ3v) is 6.83. The quantitative estimate of drug-likeness (QED) is 0.586. The van der Waals surface area contributed by atoms with Crippen molar-refractivity contribution in [3.63, 3.8) is 0 Å². The van der Waals surface area contributed by atoms with Crippen LogP contribution in [0.25, 0.3) is 0 Å². The van der Waals surface area contributed by atoms with Crippen molar-refractivity contribution in [1.82, 2.24) is 0 Å². The number of methoxy groups -OCH3 is 2. The smallest absolute Gasteiger partial charge is 0.343 e. The third-order valence-electron chi connectivity index (χ3n) is 5.08. The van der Waals surface area contributed by atoms with Crippen molar-refractivity contribution in [3.8, 4) is 17.6 Å². The van der Waals surface area contributed by atoms with Crippen LogP contribution in [0.2, 0.25) is 0 Å². The van der Waals surface area contributed by atoms with E-state index < -0.39 is 16.1 Å². The van der Waals surface area contributed by atoms with Gasteiger partial charge in [-0.1, -0.05) is 24.3 Å². The van der Waals surface area contributed by atoms with Crippen LogP contribution in [-0.4, -0.2) is 28.7 Å². The number of rotatable bonds is 5. The Morgan fingerprint density at radius 2 is 1.69 bits per heavy atom. The molecule has 3 aromatic rings. The highest BCUT2D eigenvalue weighted by Crippen LogP contribution is 2.40. The highest BCUT2D eigenvalue weighted by atomic mass is 32.2. The van der Waals surface area contributed by atoms with Crippen LogP contribution in [0.4, 0.5) is 16.2 Å². The molecule has 0 spiro atoms. The van der Waals surface area contributed by atoms with Crippen LogP contribution in [0.1, 0.15) is 11.1 Å². The van der Waals surface area contributed by atoms with Gasteiger partial charge < -0.3 is 9.47 Å². The normalized spacial score (nSPS) is 14.5. The first-order valence-electron chi connectivity index (χ1n) is 9.57. The van der Waals surface area contributed by atoms with Crippen LogP contribution in [0.3, 0.4) is 0 Å². The van der Waals surface area contributed by atoms with Crippen molar-refractivity contribution in [2.24, 2.45) is 0 Å². The monoisotopic (exact) mass is 449 g/mol. The Hall–Kier alpha value is -4.03. The second kappa shape index (κ2) is 8.24. The predicted octanol–water partition coefficient (Wildman–Crippen LogP) is 3.91. The molecule has 2 amide bonds. The fourth-order valence-electron chi connectivity index (χ4n) is 3.59. The van der Waals surface area contributed by atoms with Gasteiger partial charge in [-0.3, -0.25) is 4.90 Å². The number of carbonyl (C=O) groups excluding carboxylic acids is 1. The molecule has 0 unspecified atom stereocenters. The number of amides is 2. The van der Waals surface area contributed by atoms with Crippen molar-refractivity contribution in [1.29, 1.82) is 5.26 Å². The SMILES string of the molecule is COc1ccc(N2C(=O)N(Cc3cccc(C#N)c3)c3ccccc3S2(=O)=O)cc1OC. The van der Waals surface area contributed by atoms with E-state index in [1.165, 1.54) is 43.4 Å². The van der Waals surface area contributed by atoms with Gasteiger partial charge in [-0.15, -0.1) is 0 Å². The molecule has 3 aromatic carbocycles. The van der Waals surface area contributed by atoms with E-state index in [-0.39, 0.29) is 22.8 Å². The number of para-hydroxylation sites is 1. The van der Waals surface area contributed by atoms with Crippen LogP contribution < -0.4 is 18.7 Å². The lowest BCUT2D eigenvalue weighted by atomic mass is 10.1. The van der Waals surface area contributed by atoms with E-state index in [1.807, 2.05) is 0 Å². The number of hydrogen-bond donors (Lipinski definition) is 0. The second-order valence-corrected chi connectivity index (χ2v) is 8.71. The summed E-state index contributed by atoms with van der Waals surface area (Å²) < 4.78 is 38.1. The van der Waals surface area contributed by atoms with E-state index in [1.54, 1.807) is 42.5 Å². The fraction of sp³-hybridized carbons (Fsp3) is 0.130. The maximum atomic E-state index is 13.6. The summed E-state index contributed by atoms with van der Waals surface area (Å²) in [6.07, 6.45) is 0. The Kier molecular flexibility index (Phi) is 5.47. The van der Waals surface area contributed by atoms with Gasteiger partial charge in [0.25, 0.3) is 10.0 Å². The summed E-state index contributed by atoms with van der Waals surface area (Å²) in [7, 11) is -1.28. The van der Waals surface area contributed by atoms with Crippen LogP contribution >= 0.6 is 0 Å². The van der Waals surface area contributed by atoms with E-state index in [2.05, 4.69) is 6.07 Å². The zero-order chi connectivity index (χ0) is 22.9. The molecule has 0 N–H and O–H groups in total. The van der Waals surface area contributed by atoms with Crippen molar-refractivity contribution in [3.05, 3.63) is 77.9 Å². The summed E-state index contributed by atoms with van der Waals surface area (Å²) in [5.41, 5.74) is 1.54. The Morgan fingerprint density at radius 1 is 0.938 bits per heavy atom. The second-order valence-electron chi connectivity index (χ2n) is 6.96. The van der Waals surface area contributed by atoms with Gasteiger partial charge in [0.05, 0.1) is 43.8 Å². The molecule has 162 valence electrons. The molecule has 0 aromatic heterocycles. The lowest BCUT2D eigenvalue weighted by molar-refractivity contribution is 0.253. The fourth-order valence-corrected chi connectivity index (χ4v) is 5.17.